The number of halogens is 1. The van der Waals surface area contributed by atoms with Crippen molar-refractivity contribution in [3.8, 4) is 0 Å². The number of likely N-dealkylation sites (N-methyl/N-ethyl adjacent to an activating group) is 1. The Balaban J connectivity index is 2.13. The molecule has 1 unspecified atom stereocenters. The van der Waals surface area contributed by atoms with Crippen molar-refractivity contribution in [3.63, 3.8) is 0 Å². The Morgan fingerprint density at radius 3 is 2.82 bits per heavy atom. The van der Waals surface area contributed by atoms with Crippen LogP contribution in [0.1, 0.15) is 22.4 Å². The summed E-state index contributed by atoms with van der Waals surface area (Å²) in [5.74, 6) is -0.311. The molecule has 0 aromatic carbocycles. The molecule has 3 nitrogen and oxygen atoms in total. The fourth-order valence-electron chi connectivity index (χ4n) is 1.62. The van der Waals surface area contributed by atoms with Crippen LogP contribution in [-0.2, 0) is 6.42 Å². The van der Waals surface area contributed by atoms with Crippen molar-refractivity contribution in [2.75, 3.05) is 7.05 Å². The molecule has 0 radical (unpaired) electrons. The molecule has 17 heavy (non-hydrogen) atoms. The van der Waals surface area contributed by atoms with Crippen LogP contribution in [0.5, 0.6) is 0 Å². The standard InChI is InChI=1S/C12H14FN3S/c1-8-7-17-12(16-8)5-11(14-2)10-4-3-9(13)6-15-10/h3-4,6-7,11,14H,5H2,1-2H3. The summed E-state index contributed by atoms with van der Waals surface area (Å²) in [4.78, 5) is 8.51. The summed E-state index contributed by atoms with van der Waals surface area (Å²) in [6.45, 7) is 1.98. The molecule has 2 rings (SSSR count). The smallest absolute Gasteiger partial charge is 0.141 e. The largest absolute Gasteiger partial charge is 0.311 e. The van der Waals surface area contributed by atoms with Gasteiger partial charge >= 0.3 is 0 Å². The predicted molar refractivity (Wildman–Crippen MR) is 66.6 cm³/mol. The van der Waals surface area contributed by atoms with Crippen molar-refractivity contribution in [3.05, 3.63) is 45.9 Å². The van der Waals surface area contributed by atoms with Crippen LogP contribution in [0.3, 0.4) is 0 Å². The number of pyridine rings is 1. The lowest BCUT2D eigenvalue weighted by molar-refractivity contribution is 0.564. The van der Waals surface area contributed by atoms with Crippen molar-refractivity contribution in [1.29, 1.82) is 0 Å². The van der Waals surface area contributed by atoms with E-state index in [0.29, 0.717) is 0 Å². The monoisotopic (exact) mass is 251 g/mol. The molecular weight excluding hydrogens is 237 g/mol. The molecule has 0 saturated carbocycles. The summed E-state index contributed by atoms with van der Waals surface area (Å²) in [6.07, 6.45) is 2.01. The van der Waals surface area contributed by atoms with Gasteiger partial charge < -0.3 is 5.32 Å². The Morgan fingerprint density at radius 2 is 2.29 bits per heavy atom. The van der Waals surface area contributed by atoms with Gasteiger partial charge in [-0.25, -0.2) is 9.37 Å². The van der Waals surface area contributed by atoms with Crippen molar-refractivity contribution in [2.45, 2.75) is 19.4 Å². The van der Waals surface area contributed by atoms with Gasteiger partial charge in [0.15, 0.2) is 0 Å². The molecule has 2 aromatic rings. The van der Waals surface area contributed by atoms with Gasteiger partial charge in [0.1, 0.15) is 5.82 Å². The van der Waals surface area contributed by atoms with E-state index >= 15 is 0 Å². The van der Waals surface area contributed by atoms with Crippen LogP contribution >= 0.6 is 11.3 Å². The van der Waals surface area contributed by atoms with Gasteiger partial charge in [-0.15, -0.1) is 11.3 Å². The number of aryl methyl sites for hydroxylation is 1. The molecule has 1 atom stereocenters. The SMILES string of the molecule is CNC(Cc1nc(C)cs1)c1ccc(F)cn1. The fraction of sp³-hybridized carbons (Fsp3) is 0.333. The zero-order valence-corrected chi connectivity index (χ0v) is 10.6. The first-order chi connectivity index (χ1) is 8.19. The Kier molecular flexibility index (Phi) is 3.81. The molecule has 90 valence electrons. The van der Waals surface area contributed by atoms with Gasteiger partial charge in [0.05, 0.1) is 22.9 Å². The van der Waals surface area contributed by atoms with Crippen LogP contribution in [0, 0.1) is 12.7 Å². The molecule has 0 bridgehead atoms. The third-order valence-electron chi connectivity index (χ3n) is 2.50. The van der Waals surface area contributed by atoms with E-state index in [1.807, 2.05) is 19.4 Å². The first-order valence-corrected chi connectivity index (χ1v) is 6.26. The summed E-state index contributed by atoms with van der Waals surface area (Å²) in [6, 6.07) is 3.21. The predicted octanol–water partition coefficient (Wildman–Crippen LogP) is 2.49. The normalized spacial score (nSPS) is 12.6. The van der Waals surface area contributed by atoms with Gasteiger partial charge in [0.2, 0.25) is 0 Å². The van der Waals surface area contributed by atoms with Crippen LogP contribution < -0.4 is 5.32 Å². The van der Waals surface area contributed by atoms with Crippen molar-refractivity contribution in [2.24, 2.45) is 0 Å². The van der Waals surface area contributed by atoms with Crippen molar-refractivity contribution >= 4 is 11.3 Å². The highest BCUT2D eigenvalue weighted by Crippen LogP contribution is 2.19. The fourth-order valence-corrected chi connectivity index (χ4v) is 2.44. The molecule has 1 N–H and O–H groups in total. The first kappa shape index (κ1) is 12.1. The molecule has 0 aliphatic carbocycles. The zero-order valence-electron chi connectivity index (χ0n) is 9.77. The van der Waals surface area contributed by atoms with Crippen LogP contribution in [0.2, 0.25) is 0 Å². The summed E-state index contributed by atoms with van der Waals surface area (Å²) in [5, 5.41) is 6.27. The molecule has 0 aliphatic heterocycles. The minimum absolute atomic E-state index is 0.0705. The summed E-state index contributed by atoms with van der Waals surface area (Å²) < 4.78 is 12.8. The molecule has 0 aliphatic rings. The van der Waals surface area contributed by atoms with Crippen LogP contribution in [0.25, 0.3) is 0 Å². The van der Waals surface area contributed by atoms with Gasteiger partial charge in [-0.3, -0.25) is 4.98 Å². The average Bonchev–Trinajstić information content (AvgIpc) is 2.73. The van der Waals surface area contributed by atoms with E-state index in [1.165, 1.54) is 12.3 Å². The third-order valence-corrected chi connectivity index (χ3v) is 3.49. The molecule has 0 fully saturated rings. The zero-order chi connectivity index (χ0) is 12.3. The third kappa shape index (κ3) is 3.08. The highest BCUT2D eigenvalue weighted by atomic mass is 32.1. The lowest BCUT2D eigenvalue weighted by atomic mass is 10.1. The Morgan fingerprint density at radius 1 is 1.47 bits per heavy atom. The van der Waals surface area contributed by atoms with E-state index in [2.05, 4.69) is 15.3 Å². The van der Waals surface area contributed by atoms with E-state index in [-0.39, 0.29) is 11.9 Å². The summed E-state index contributed by atoms with van der Waals surface area (Å²) >= 11 is 1.64. The lowest BCUT2D eigenvalue weighted by Crippen LogP contribution is -2.20. The summed E-state index contributed by atoms with van der Waals surface area (Å²) in [5.41, 5.74) is 1.87. The van der Waals surface area contributed by atoms with E-state index in [0.717, 1.165) is 22.8 Å². The van der Waals surface area contributed by atoms with E-state index in [9.17, 15) is 4.39 Å². The van der Waals surface area contributed by atoms with E-state index in [4.69, 9.17) is 0 Å². The number of rotatable bonds is 4. The molecule has 2 heterocycles. The van der Waals surface area contributed by atoms with Crippen molar-refractivity contribution < 1.29 is 4.39 Å². The highest BCUT2D eigenvalue weighted by molar-refractivity contribution is 7.09. The number of nitrogens with zero attached hydrogens (tertiary/aromatic N) is 2. The molecular formula is C12H14FN3S. The van der Waals surface area contributed by atoms with Gasteiger partial charge in [0, 0.05) is 17.5 Å². The topological polar surface area (TPSA) is 37.8 Å². The maximum Gasteiger partial charge on any atom is 0.141 e. The second-order valence-electron chi connectivity index (χ2n) is 3.83. The first-order valence-electron chi connectivity index (χ1n) is 5.39. The minimum atomic E-state index is -0.311. The van der Waals surface area contributed by atoms with E-state index < -0.39 is 0 Å². The number of aromatic nitrogens is 2. The van der Waals surface area contributed by atoms with Crippen LogP contribution in [0.15, 0.2) is 23.7 Å². The number of hydrogen-bond donors (Lipinski definition) is 1. The quantitative estimate of drug-likeness (QED) is 0.907. The maximum atomic E-state index is 12.8. The Hall–Kier alpha value is -1.33. The average molecular weight is 251 g/mol. The van der Waals surface area contributed by atoms with Crippen molar-refractivity contribution in [1.82, 2.24) is 15.3 Å². The molecule has 5 heteroatoms. The number of thiazole rings is 1. The minimum Gasteiger partial charge on any atom is -0.311 e. The molecule has 0 amide bonds. The van der Waals surface area contributed by atoms with Gasteiger partial charge in [-0.05, 0) is 26.1 Å². The van der Waals surface area contributed by atoms with Crippen LogP contribution in [0.4, 0.5) is 4.39 Å². The number of nitrogens with one attached hydrogen (secondary N) is 1. The second kappa shape index (κ2) is 5.33. The van der Waals surface area contributed by atoms with Gasteiger partial charge in [-0.1, -0.05) is 0 Å². The van der Waals surface area contributed by atoms with Gasteiger partial charge in [-0.2, -0.15) is 0 Å². The van der Waals surface area contributed by atoms with Crippen LogP contribution in [-0.4, -0.2) is 17.0 Å². The Bertz CT molecular complexity index is 481. The molecule has 2 aromatic heterocycles. The molecule has 0 spiro atoms. The highest BCUT2D eigenvalue weighted by Gasteiger charge is 2.13. The van der Waals surface area contributed by atoms with E-state index in [1.54, 1.807) is 17.4 Å². The lowest BCUT2D eigenvalue weighted by Gasteiger charge is -2.13. The summed E-state index contributed by atoms with van der Waals surface area (Å²) in [7, 11) is 1.87. The maximum absolute atomic E-state index is 12.8. The Labute approximate surface area is 104 Å². The second-order valence-corrected chi connectivity index (χ2v) is 4.77. The number of hydrogen-bond acceptors (Lipinski definition) is 4. The van der Waals surface area contributed by atoms with Gasteiger partial charge in [0.25, 0.3) is 0 Å². The molecule has 0 saturated heterocycles.